The minimum atomic E-state index is -1.47. The topological polar surface area (TPSA) is 167 Å². The lowest BCUT2D eigenvalue weighted by molar-refractivity contribution is -0.145. The van der Waals surface area contributed by atoms with E-state index in [1.54, 1.807) is 25.7 Å². The number of ether oxygens (including phenoxy) is 3. The van der Waals surface area contributed by atoms with E-state index in [2.05, 4.69) is 21.6 Å². The molecule has 1 saturated carbocycles. The zero-order chi connectivity index (χ0) is 37.0. The number of rotatable bonds is 5. The lowest BCUT2D eigenvalue weighted by atomic mass is 9.92. The second-order valence-electron chi connectivity index (χ2n) is 15.7. The highest BCUT2D eigenvalue weighted by atomic mass is 16.6. The van der Waals surface area contributed by atoms with E-state index < -0.39 is 59.3 Å². The Hall–Kier alpha value is -4.17. The lowest BCUT2D eigenvalue weighted by Gasteiger charge is -2.40. The maximum Gasteiger partial charge on any atom is 0.410 e. The van der Waals surface area contributed by atoms with Gasteiger partial charge in [-0.3, -0.25) is 19.4 Å². The van der Waals surface area contributed by atoms with Crippen LogP contribution in [0.5, 0.6) is 0 Å². The molecule has 0 aromatic heterocycles. The lowest BCUT2D eigenvalue weighted by Crippen LogP contribution is -2.56. The summed E-state index contributed by atoms with van der Waals surface area (Å²) in [6.45, 7) is 8.92. The third-order valence-corrected chi connectivity index (χ3v) is 10.8. The second kappa shape index (κ2) is 15.8. The Labute approximate surface area is 305 Å². The minimum Gasteiger partial charge on any atom is -0.479 e. The molecule has 1 unspecified atom stereocenters. The number of carbonyl (C=O) groups is 5. The molecular formula is C38H53N5O9. The smallest absolute Gasteiger partial charge is 0.410 e. The number of allylic oxidation sites excluding steroid dienone is 1. The van der Waals surface area contributed by atoms with Gasteiger partial charge in [-0.2, -0.15) is 0 Å². The number of amides is 4. The molecule has 6 atom stereocenters. The van der Waals surface area contributed by atoms with E-state index in [1.165, 1.54) is 10.5 Å². The van der Waals surface area contributed by atoms with Gasteiger partial charge in [0.15, 0.2) is 0 Å². The van der Waals surface area contributed by atoms with Gasteiger partial charge in [-0.25, -0.2) is 14.4 Å². The first kappa shape index (κ1) is 37.6. The van der Waals surface area contributed by atoms with Crippen molar-refractivity contribution >= 4 is 30.0 Å². The maximum atomic E-state index is 14.3. The SMILES string of the molecule is CC(C)(C)OC(=O)N[C@H]1CCCCCC=C[C@@H]2C[C@@]2(C(=O)O)NC(=O)[C@@H]2C[C@@H](OC(=O)N3CCc4ccccc4C3CN3CCOCC3)CN2C1=O. The van der Waals surface area contributed by atoms with Crippen molar-refractivity contribution in [2.45, 2.75) is 108 Å². The van der Waals surface area contributed by atoms with Crippen LogP contribution < -0.4 is 10.6 Å². The van der Waals surface area contributed by atoms with Gasteiger partial charge in [-0.05, 0) is 64.0 Å². The molecule has 14 heteroatoms. The molecule has 0 spiro atoms. The number of morpholine rings is 1. The molecule has 3 N–H and O–H groups in total. The number of hydrogen-bond donors (Lipinski definition) is 3. The summed E-state index contributed by atoms with van der Waals surface area (Å²) in [5.41, 5.74) is -0.0223. The highest BCUT2D eigenvalue weighted by Crippen LogP contribution is 2.45. The van der Waals surface area contributed by atoms with Crippen LogP contribution in [-0.2, 0) is 35.0 Å². The highest BCUT2D eigenvalue weighted by Gasteiger charge is 2.61. The van der Waals surface area contributed by atoms with E-state index in [9.17, 15) is 29.1 Å². The largest absolute Gasteiger partial charge is 0.479 e. The first-order chi connectivity index (χ1) is 24.8. The standard InChI is InChI=1S/C38H53N5O9/c1-37(2,3)52-35(48)39-29-14-8-6-4-5-7-12-26-22-38(26,34(46)47)40-32(44)30-21-27(23-43(30)33(29)45)51-36(49)42-16-15-25-11-9-10-13-28(25)31(42)24-41-17-19-50-20-18-41/h7,9-13,26-27,29-31H,4-6,8,14-24H2,1-3H3,(H,39,48)(H,40,44)(H,46,47)/t26-,27-,29+,30+,31?,38-/m1/s1. The van der Waals surface area contributed by atoms with E-state index in [-0.39, 0.29) is 31.3 Å². The summed E-state index contributed by atoms with van der Waals surface area (Å²) in [4.78, 5) is 73.2. The molecule has 4 amide bonds. The number of carboxylic acids is 1. The van der Waals surface area contributed by atoms with E-state index in [0.29, 0.717) is 45.6 Å². The molecule has 3 fully saturated rings. The Morgan fingerprint density at radius 2 is 1.85 bits per heavy atom. The first-order valence-electron chi connectivity index (χ1n) is 18.7. The molecule has 52 heavy (non-hydrogen) atoms. The van der Waals surface area contributed by atoms with Crippen molar-refractivity contribution < 1.29 is 43.3 Å². The molecule has 14 nitrogen and oxygen atoms in total. The number of carbonyl (C=O) groups excluding carboxylic acids is 4. The number of nitrogens with zero attached hydrogens (tertiary/aromatic N) is 3. The number of hydrogen-bond acceptors (Lipinski definition) is 9. The zero-order valence-corrected chi connectivity index (χ0v) is 30.5. The van der Waals surface area contributed by atoms with Crippen molar-refractivity contribution in [3.8, 4) is 0 Å². The number of carboxylic acid groups (broad SMARTS) is 1. The first-order valence-corrected chi connectivity index (χ1v) is 18.7. The van der Waals surface area contributed by atoms with Gasteiger partial charge in [-0.15, -0.1) is 0 Å². The maximum absolute atomic E-state index is 14.3. The molecule has 0 bridgehead atoms. The predicted octanol–water partition coefficient (Wildman–Crippen LogP) is 3.40. The quantitative estimate of drug-likeness (QED) is 0.384. The third kappa shape index (κ3) is 8.71. The van der Waals surface area contributed by atoms with Crippen LogP contribution in [0.3, 0.4) is 0 Å². The van der Waals surface area contributed by atoms with Crippen LogP contribution in [-0.4, -0.2) is 125 Å². The number of aliphatic carboxylic acids is 1. The fourth-order valence-electron chi connectivity index (χ4n) is 7.90. The van der Waals surface area contributed by atoms with E-state index in [4.69, 9.17) is 14.2 Å². The second-order valence-corrected chi connectivity index (χ2v) is 15.7. The molecule has 284 valence electrons. The molecule has 1 aliphatic carbocycles. The molecular weight excluding hydrogens is 670 g/mol. The fraction of sp³-hybridized carbons (Fsp3) is 0.658. The Morgan fingerprint density at radius 3 is 2.60 bits per heavy atom. The normalized spacial score (nSPS) is 30.1. The molecule has 6 rings (SSSR count). The zero-order valence-electron chi connectivity index (χ0n) is 30.5. The summed E-state index contributed by atoms with van der Waals surface area (Å²) in [6.07, 6.45) is 5.84. The van der Waals surface area contributed by atoms with Crippen molar-refractivity contribution in [2.24, 2.45) is 5.92 Å². The average Bonchev–Trinajstić information content (AvgIpc) is 3.64. The summed E-state index contributed by atoms with van der Waals surface area (Å²) >= 11 is 0. The number of benzene rings is 1. The van der Waals surface area contributed by atoms with E-state index in [1.807, 2.05) is 30.4 Å². The van der Waals surface area contributed by atoms with Crippen LogP contribution in [0.15, 0.2) is 36.4 Å². The molecule has 4 aliphatic heterocycles. The molecule has 1 aromatic rings. The van der Waals surface area contributed by atoms with Crippen LogP contribution in [0.4, 0.5) is 9.59 Å². The Bertz CT molecular complexity index is 1540. The monoisotopic (exact) mass is 723 g/mol. The van der Waals surface area contributed by atoms with Crippen LogP contribution in [0.2, 0.25) is 0 Å². The summed E-state index contributed by atoms with van der Waals surface area (Å²) in [5, 5.41) is 15.7. The highest BCUT2D eigenvalue weighted by molar-refractivity contribution is 5.96. The van der Waals surface area contributed by atoms with Gasteiger partial charge in [0.05, 0.1) is 25.8 Å². The van der Waals surface area contributed by atoms with Crippen molar-refractivity contribution in [1.29, 1.82) is 0 Å². The van der Waals surface area contributed by atoms with Gasteiger partial charge in [0.1, 0.15) is 29.3 Å². The van der Waals surface area contributed by atoms with Gasteiger partial charge >= 0.3 is 18.2 Å². The van der Waals surface area contributed by atoms with Crippen LogP contribution in [0.25, 0.3) is 0 Å². The summed E-state index contributed by atoms with van der Waals surface area (Å²) in [5.74, 6) is -2.65. The van der Waals surface area contributed by atoms with Crippen LogP contribution in [0.1, 0.15) is 82.9 Å². The Balaban J connectivity index is 1.24. The molecule has 5 aliphatic rings. The van der Waals surface area contributed by atoms with Crippen molar-refractivity contribution in [2.75, 3.05) is 45.9 Å². The summed E-state index contributed by atoms with van der Waals surface area (Å²) in [7, 11) is 0. The molecule has 4 heterocycles. The number of nitrogens with one attached hydrogen (secondary N) is 2. The summed E-state index contributed by atoms with van der Waals surface area (Å²) in [6, 6.07) is 5.72. The summed E-state index contributed by atoms with van der Waals surface area (Å²) < 4.78 is 17.2. The molecule has 1 aromatic carbocycles. The van der Waals surface area contributed by atoms with Gasteiger partial charge in [-0.1, -0.05) is 49.3 Å². The predicted molar refractivity (Wildman–Crippen MR) is 189 cm³/mol. The average molecular weight is 724 g/mol. The van der Waals surface area contributed by atoms with Gasteiger partial charge in [0, 0.05) is 38.5 Å². The van der Waals surface area contributed by atoms with Gasteiger partial charge in [0.25, 0.3) is 0 Å². The molecule has 0 radical (unpaired) electrons. The fourth-order valence-corrected chi connectivity index (χ4v) is 7.90. The van der Waals surface area contributed by atoms with Crippen LogP contribution >= 0.6 is 0 Å². The Morgan fingerprint density at radius 1 is 1.08 bits per heavy atom. The van der Waals surface area contributed by atoms with E-state index >= 15 is 0 Å². The number of alkyl carbamates (subject to hydrolysis) is 1. The van der Waals surface area contributed by atoms with Crippen molar-refractivity contribution in [3.05, 3.63) is 47.5 Å². The van der Waals surface area contributed by atoms with Gasteiger partial charge < -0.3 is 34.9 Å². The third-order valence-electron chi connectivity index (χ3n) is 10.8. The van der Waals surface area contributed by atoms with Gasteiger partial charge in [0.2, 0.25) is 11.8 Å². The van der Waals surface area contributed by atoms with Crippen LogP contribution in [0, 0.1) is 5.92 Å². The number of fused-ring (bicyclic) bond motifs is 3. The van der Waals surface area contributed by atoms with E-state index in [0.717, 1.165) is 37.9 Å². The van der Waals surface area contributed by atoms with Crippen molar-refractivity contribution in [3.63, 3.8) is 0 Å². The Kier molecular flexibility index (Phi) is 11.4. The van der Waals surface area contributed by atoms with Crippen molar-refractivity contribution in [1.82, 2.24) is 25.3 Å². The minimum absolute atomic E-state index is 0.0166. The molecule has 2 saturated heterocycles.